The van der Waals surface area contributed by atoms with Crippen LogP contribution in [0.1, 0.15) is 19.3 Å². The number of halogens is 1. The predicted molar refractivity (Wildman–Crippen MR) is 73.8 cm³/mol. The number of hydrogen-bond acceptors (Lipinski definition) is 3. The van der Waals surface area contributed by atoms with Gasteiger partial charge in [-0.25, -0.2) is 0 Å². The van der Waals surface area contributed by atoms with Crippen LogP contribution in [0.2, 0.25) is 0 Å². The Morgan fingerprint density at radius 3 is 2.79 bits per heavy atom. The number of nitro benzene ring substituents is 1. The smallest absolute Gasteiger partial charge is 0.272 e. The Morgan fingerprint density at radius 1 is 1.32 bits per heavy atom. The second-order valence-corrected chi connectivity index (χ2v) is 4.68. The number of aryl methyl sites for hydroxylation is 1. The van der Waals surface area contributed by atoms with Crippen molar-refractivity contribution >= 4 is 28.2 Å². The predicted octanol–water partition coefficient (Wildman–Crippen LogP) is 2.65. The molecule has 1 aromatic heterocycles. The van der Waals surface area contributed by atoms with E-state index in [2.05, 4.69) is 5.10 Å². The first-order valence-corrected chi connectivity index (χ1v) is 6.60. The summed E-state index contributed by atoms with van der Waals surface area (Å²) < 4.78 is 1.73. The molecule has 0 amide bonds. The largest absolute Gasteiger partial charge is 0.284 e. The second-order valence-electron chi connectivity index (χ2n) is 4.30. The molecule has 0 aliphatic carbocycles. The SMILES string of the molecule is O=c1[nH]n(CCCCCCl)c2ccc([N+](=O)[O-])cc12. The molecule has 0 saturated heterocycles. The average Bonchev–Trinajstić information content (AvgIpc) is 2.71. The van der Waals surface area contributed by atoms with E-state index in [0.717, 1.165) is 19.3 Å². The van der Waals surface area contributed by atoms with Crippen LogP contribution in [-0.4, -0.2) is 20.6 Å². The van der Waals surface area contributed by atoms with Crippen molar-refractivity contribution in [3.05, 3.63) is 38.7 Å². The van der Waals surface area contributed by atoms with E-state index < -0.39 is 4.92 Å². The molecule has 0 aliphatic heterocycles. The summed E-state index contributed by atoms with van der Waals surface area (Å²) in [5.74, 6) is 0.634. The topological polar surface area (TPSA) is 80.9 Å². The van der Waals surface area contributed by atoms with Gasteiger partial charge < -0.3 is 0 Å². The monoisotopic (exact) mass is 283 g/mol. The minimum absolute atomic E-state index is 0.0714. The van der Waals surface area contributed by atoms with Gasteiger partial charge in [-0.2, -0.15) is 0 Å². The molecule has 1 N–H and O–H groups in total. The van der Waals surface area contributed by atoms with E-state index in [9.17, 15) is 14.9 Å². The second kappa shape index (κ2) is 5.88. The molecule has 0 fully saturated rings. The number of unbranched alkanes of at least 4 members (excludes halogenated alkanes) is 2. The fourth-order valence-electron chi connectivity index (χ4n) is 2.02. The third-order valence-electron chi connectivity index (χ3n) is 2.98. The van der Waals surface area contributed by atoms with Gasteiger partial charge in [0.2, 0.25) is 0 Å². The Balaban J connectivity index is 2.27. The van der Waals surface area contributed by atoms with Crippen LogP contribution < -0.4 is 5.56 Å². The van der Waals surface area contributed by atoms with Gasteiger partial charge in [0.15, 0.2) is 0 Å². The van der Waals surface area contributed by atoms with Gasteiger partial charge in [0.1, 0.15) is 0 Å². The molecule has 6 nitrogen and oxygen atoms in total. The van der Waals surface area contributed by atoms with Gasteiger partial charge >= 0.3 is 0 Å². The lowest BCUT2D eigenvalue weighted by molar-refractivity contribution is -0.384. The van der Waals surface area contributed by atoms with E-state index in [0.29, 0.717) is 23.3 Å². The van der Waals surface area contributed by atoms with Crippen molar-refractivity contribution in [1.82, 2.24) is 9.78 Å². The standard InChI is InChI=1S/C12H14ClN3O3/c13-6-2-1-3-7-15-11-5-4-9(16(18)19)8-10(11)12(17)14-15/h4-5,8H,1-3,6-7H2,(H,14,17). The summed E-state index contributed by atoms with van der Waals surface area (Å²) in [6.45, 7) is 0.674. The van der Waals surface area contributed by atoms with Crippen LogP contribution >= 0.6 is 11.6 Å². The molecule has 0 spiro atoms. The highest BCUT2D eigenvalue weighted by atomic mass is 35.5. The van der Waals surface area contributed by atoms with Crippen molar-refractivity contribution in [2.45, 2.75) is 25.8 Å². The molecule has 19 heavy (non-hydrogen) atoms. The molecule has 1 heterocycles. The quantitative estimate of drug-likeness (QED) is 0.383. The maximum absolute atomic E-state index is 11.7. The lowest BCUT2D eigenvalue weighted by Crippen LogP contribution is -2.06. The summed E-state index contributed by atoms with van der Waals surface area (Å²) in [7, 11) is 0. The van der Waals surface area contributed by atoms with Crippen LogP contribution in [-0.2, 0) is 6.54 Å². The first-order chi connectivity index (χ1) is 9.13. The highest BCUT2D eigenvalue weighted by molar-refractivity contribution is 6.17. The number of H-pyrrole nitrogens is 1. The number of fused-ring (bicyclic) bond motifs is 1. The van der Waals surface area contributed by atoms with Crippen LogP contribution in [0.4, 0.5) is 5.69 Å². The number of aromatic nitrogens is 2. The number of nitro groups is 1. The number of benzene rings is 1. The molecular formula is C12H14ClN3O3. The summed E-state index contributed by atoms with van der Waals surface area (Å²) in [6, 6.07) is 4.32. The van der Waals surface area contributed by atoms with E-state index in [4.69, 9.17) is 11.6 Å². The number of rotatable bonds is 6. The summed E-state index contributed by atoms with van der Waals surface area (Å²) in [6.07, 6.45) is 2.83. The van der Waals surface area contributed by atoms with Crippen molar-refractivity contribution < 1.29 is 4.92 Å². The van der Waals surface area contributed by atoms with Crippen LogP contribution in [0.5, 0.6) is 0 Å². The van der Waals surface area contributed by atoms with Crippen LogP contribution in [0.15, 0.2) is 23.0 Å². The molecule has 1 aromatic carbocycles. The first-order valence-electron chi connectivity index (χ1n) is 6.06. The van der Waals surface area contributed by atoms with Gasteiger partial charge in [0.25, 0.3) is 11.2 Å². The van der Waals surface area contributed by atoms with Crippen molar-refractivity contribution in [1.29, 1.82) is 0 Å². The fraction of sp³-hybridized carbons (Fsp3) is 0.417. The van der Waals surface area contributed by atoms with Gasteiger partial charge in [-0.15, -0.1) is 11.6 Å². The highest BCUT2D eigenvalue weighted by Gasteiger charge is 2.12. The molecule has 102 valence electrons. The van der Waals surface area contributed by atoms with E-state index in [1.54, 1.807) is 10.7 Å². The lowest BCUT2D eigenvalue weighted by Gasteiger charge is -2.03. The number of alkyl halides is 1. The molecule has 0 radical (unpaired) electrons. The molecule has 2 aromatic rings. The number of nitrogens with zero attached hydrogens (tertiary/aromatic N) is 2. The van der Waals surface area contributed by atoms with Crippen molar-refractivity contribution in [3.63, 3.8) is 0 Å². The lowest BCUT2D eigenvalue weighted by atomic mass is 10.2. The van der Waals surface area contributed by atoms with Crippen LogP contribution in [0.25, 0.3) is 10.9 Å². The number of hydrogen-bond donors (Lipinski definition) is 1. The Labute approximate surface area is 114 Å². The van der Waals surface area contributed by atoms with Crippen molar-refractivity contribution in [2.75, 3.05) is 5.88 Å². The van der Waals surface area contributed by atoms with Crippen LogP contribution in [0.3, 0.4) is 0 Å². The summed E-state index contributed by atoms with van der Waals surface area (Å²) in [5.41, 5.74) is 0.329. The summed E-state index contributed by atoms with van der Waals surface area (Å²) >= 11 is 5.60. The molecular weight excluding hydrogens is 270 g/mol. The Hall–Kier alpha value is -1.82. The zero-order valence-electron chi connectivity index (χ0n) is 10.3. The average molecular weight is 284 g/mol. The molecule has 0 unspecified atom stereocenters. The third kappa shape index (κ3) is 2.96. The molecule has 0 aliphatic rings. The number of non-ortho nitro benzene ring substituents is 1. The van der Waals surface area contributed by atoms with Gasteiger partial charge in [0, 0.05) is 24.6 Å². The third-order valence-corrected chi connectivity index (χ3v) is 3.25. The van der Waals surface area contributed by atoms with Gasteiger partial charge in [-0.05, 0) is 18.9 Å². The molecule has 0 bridgehead atoms. The maximum atomic E-state index is 11.7. The summed E-state index contributed by atoms with van der Waals surface area (Å²) in [5, 5.41) is 13.7. The van der Waals surface area contributed by atoms with Crippen molar-refractivity contribution in [3.8, 4) is 0 Å². The molecule has 2 rings (SSSR count). The minimum Gasteiger partial charge on any atom is -0.284 e. The molecule has 0 saturated carbocycles. The van der Waals surface area contributed by atoms with Gasteiger partial charge in [-0.3, -0.25) is 24.7 Å². The fourth-order valence-corrected chi connectivity index (χ4v) is 2.20. The number of nitrogens with one attached hydrogen (secondary N) is 1. The van der Waals surface area contributed by atoms with Gasteiger partial charge in [0.05, 0.1) is 15.8 Å². The molecule has 7 heteroatoms. The summed E-state index contributed by atoms with van der Waals surface area (Å²) in [4.78, 5) is 21.9. The normalized spacial score (nSPS) is 11.0. The Bertz CT molecular complexity index is 647. The highest BCUT2D eigenvalue weighted by Crippen LogP contribution is 2.18. The van der Waals surface area contributed by atoms with Gasteiger partial charge in [-0.1, -0.05) is 6.42 Å². The van der Waals surface area contributed by atoms with E-state index in [1.165, 1.54) is 12.1 Å². The van der Waals surface area contributed by atoms with Crippen LogP contribution in [0, 0.1) is 10.1 Å². The van der Waals surface area contributed by atoms with E-state index in [-0.39, 0.29) is 11.2 Å². The first kappa shape index (κ1) is 13.6. The Kier molecular flexibility index (Phi) is 4.21. The molecule has 0 atom stereocenters. The van der Waals surface area contributed by atoms with Crippen molar-refractivity contribution in [2.24, 2.45) is 0 Å². The minimum atomic E-state index is -0.503. The zero-order chi connectivity index (χ0) is 13.8. The Morgan fingerprint density at radius 2 is 2.11 bits per heavy atom. The van der Waals surface area contributed by atoms with E-state index in [1.807, 2.05) is 0 Å². The van der Waals surface area contributed by atoms with E-state index >= 15 is 0 Å². The zero-order valence-corrected chi connectivity index (χ0v) is 11.0. The number of aromatic amines is 1. The maximum Gasteiger partial charge on any atom is 0.272 e.